The van der Waals surface area contributed by atoms with E-state index in [1.54, 1.807) is 0 Å². The van der Waals surface area contributed by atoms with Crippen molar-refractivity contribution in [2.24, 2.45) is 0 Å². The molecule has 0 bridgehead atoms. The Bertz CT molecular complexity index is 551. The summed E-state index contributed by atoms with van der Waals surface area (Å²) in [4.78, 5) is 23.4. The zero-order valence-corrected chi connectivity index (χ0v) is 12.8. The summed E-state index contributed by atoms with van der Waals surface area (Å²) in [5, 5.41) is 11.4. The molecule has 0 saturated heterocycles. The molecule has 0 unspecified atom stereocenters. The summed E-state index contributed by atoms with van der Waals surface area (Å²) in [5.41, 5.74) is -0.215. The lowest BCUT2D eigenvalue weighted by molar-refractivity contribution is -0.139. The fourth-order valence-electron chi connectivity index (χ4n) is 1.97. The minimum atomic E-state index is -3.15. The standard InChI is InChI=1S/C15H19F2NO5/c1-3-4-7-10(14(20)21)18-13(19)9-6-5-8-11(22-2)12(9)23-15(16)17/h5-6,8,10,15H,3-4,7H2,1-2H3,(H,18,19)(H,20,21)/t10-/m0/s1. The molecule has 8 heteroatoms. The number of carbonyl (C=O) groups excluding carboxylic acids is 1. The highest BCUT2D eigenvalue weighted by Gasteiger charge is 2.24. The van der Waals surface area contributed by atoms with Gasteiger partial charge in [0.2, 0.25) is 0 Å². The topological polar surface area (TPSA) is 84.9 Å². The molecule has 1 aromatic rings. The molecule has 0 aliphatic heterocycles. The van der Waals surface area contributed by atoms with Gasteiger partial charge >= 0.3 is 12.6 Å². The molecule has 1 rings (SSSR count). The van der Waals surface area contributed by atoms with Crippen LogP contribution in [0.25, 0.3) is 0 Å². The number of nitrogens with one attached hydrogen (secondary N) is 1. The molecule has 128 valence electrons. The van der Waals surface area contributed by atoms with Gasteiger partial charge in [-0.15, -0.1) is 0 Å². The van der Waals surface area contributed by atoms with E-state index in [0.717, 1.165) is 6.42 Å². The van der Waals surface area contributed by atoms with Crippen LogP contribution in [0.3, 0.4) is 0 Å². The van der Waals surface area contributed by atoms with E-state index in [-0.39, 0.29) is 17.7 Å². The van der Waals surface area contributed by atoms with E-state index in [0.29, 0.717) is 6.42 Å². The molecule has 0 spiro atoms. The predicted octanol–water partition coefficient (Wildman–Crippen LogP) is 2.67. The molecule has 6 nitrogen and oxygen atoms in total. The van der Waals surface area contributed by atoms with Gasteiger partial charge in [-0.25, -0.2) is 4.79 Å². The number of halogens is 2. The summed E-state index contributed by atoms with van der Waals surface area (Å²) in [6.07, 6.45) is 1.61. The van der Waals surface area contributed by atoms with Crippen LogP contribution >= 0.6 is 0 Å². The van der Waals surface area contributed by atoms with E-state index in [1.807, 2.05) is 6.92 Å². The number of ether oxygens (including phenoxy) is 2. The first-order valence-electron chi connectivity index (χ1n) is 7.06. The Morgan fingerprint density at radius 2 is 2.04 bits per heavy atom. The van der Waals surface area contributed by atoms with Gasteiger partial charge in [0.05, 0.1) is 12.7 Å². The minimum Gasteiger partial charge on any atom is -0.493 e. The van der Waals surface area contributed by atoms with Crippen molar-refractivity contribution < 1.29 is 33.0 Å². The molecule has 0 aromatic heterocycles. The number of unbranched alkanes of at least 4 members (excludes halogenated alkanes) is 1. The number of carboxylic acids is 1. The molecule has 0 aliphatic rings. The van der Waals surface area contributed by atoms with E-state index in [2.05, 4.69) is 10.1 Å². The number of carboxylic acid groups (broad SMARTS) is 1. The number of methoxy groups -OCH3 is 1. The van der Waals surface area contributed by atoms with Crippen LogP contribution in [0.4, 0.5) is 8.78 Å². The van der Waals surface area contributed by atoms with E-state index in [1.165, 1.54) is 25.3 Å². The number of para-hydroxylation sites is 1. The monoisotopic (exact) mass is 331 g/mol. The number of amides is 1. The highest BCUT2D eigenvalue weighted by molar-refractivity contribution is 5.99. The summed E-state index contributed by atoms with van der Waals surface area (Å²) in [7, 11) is 1.25. The second-order valence-electron chi connectivity index (χ2n) is 4.72. The maximum Gasteiger partial charge on any atom is 0.387 e. The average Bonchev–Trinajstić information content (AvgIpc) is 2.50. The molecule has 1 atom stereocenters. The van der Waals surface area contributed by atoms with Crippen LogP contribution in [0.2, 0.25) is 0 Å². The van der Waals surface area contributed by atoms with Gasteiger partial charge in [-0.05, 0) is 18.6 Å². The van der Waals surface area contributed by atoms with Crippen LogP contribution in [-0.4, -0.2) is 36.7 Å². The van der Waals surface area contributed by atoms with Crippen LogP contribution in [-0.2, 0) is 4.79 Å². The molecule has 2 N–H and O–H groups in total. The Hall–Kier alpha value is -2.38. The zero-order chi connectivity index (χ0) is 17.4. The van der Waals surface area contributed by atoms with Crippen LogP contribution in [0.1, 0.15) is 36.5 Å². The fourth-order valence-corrected chi connectivity index (χ4v) is 1.97. The second kappa shape index (κ2) is 8.92. The van der Waals surface area contributed by atoms with Gasteiger partial charge in [0.25, 0.3) is 5.91 Å². The average molecular weight is 331 g/mol. The van der Waals surface area contributed by atoms with Gasteiger partial charge in [-0.3, -0.25) is 4.79 Å². The Labute approximate surface area is 132 Å². The van der Waals surface area contributed by atoms with E-state index in [9.17, 15) is 18.4 Å². The van der Waals surface area contributed by atoms with E-state index >= 15 is 0 Å². The lowest BCUT2D eigenvalue weighted by Gasteiger charge is -2.17. The molecule has 1 aromatic carbocycles. The van der Waals surface area contributed by atoms with Crippen LogP contribution in [0.15, 0.2) is 18.2 Å². The molecular weight excluding hydrogens is 312 g/mol. The van der Waals surface area contributed by atoms with E-state index < -0.39 is 30.3 Å². The lowest BCUT2D eigenvalue weighted by atomic mass is 10.1. The van der Waals surface area contributed by atoms with Crippen molar-refractivity contribution >= 4 is 11.9 Å². The number of hydrogen-bond acceptors (Lipinski definition) is 4. The van der Waals surface area contributed by atoms with Crippen LogP contribution < -0.4 is 14.8 Å². The lowest BCUT2D eigenvalue weighted by Crippen LogP contribution is -2.40. The molecule has 1 amide bonds. The Morgan fingerprint density at radius 1 is 1.35 bits per heavy atom. The molecular formula is C15H19F2NO5. The predicted molar refractivity (Wildman–Crippen MR) is 78.0 cm³/mol. The SMILES string of the molecule is CCCC[C@H](NC(=O)c1cccc(OC)c1OC(F)F)C(=O)O. The number of alkyl halides is 2. The van der Waals surface area contributed by atoms with Crippen LogP contribution in [0.5, 0.6) is 11.5 Å². The van der Waals surface area contributed by atoms with Gasteiger partial charge in [0.15, 0.2) is 11.5 Å². The first kappa shape index (κ1) is 18.7. The largest absolute Gasteiger partial charge is 0.493 e. The quantitative estimate of drug-likeness (QED) is 0.727. The smallest absolute Gasteiger partial charge is 0.387 e. The first-order chi connectivity index (χ1) is 10.9. The summed E-state index contributed by atoms with van der Waals surface area (Å²) < 4.78 is 34.3. The number of hydrogen-bond donors (Lipinski definition) is 2. The maximum absolute atomic E-state index is 12.5. The highest BCUT2D eigenvalue weighted by atomic mass is 19.3. The van der Waals surface area contributed by atoms with Crippen molar-refractivity contribution in [3.8, 4) is 11.5 Å². The summed E-state index contributed by atoms with van der Waals surface area (Å²) in [6, 6.07) is 2.94. The van der Waals surface area contributed by atoms with Crippen molar-refractivity contribution in [1.29, 1.82) is 0 Å². The highest BCUT2D eigenvalue weighted by Crippen LogP contribution is 2.32. The summed E-state index contributed by atoms with van der Waals surface area (Å²) >= 11 is 0. The third-order valence-electron chi connectivity index (χ3n) is 3.10. The second-order valence-corrected chi connectivity index (χ2v) is 4.72. The van der Waals surface area contributed by atoms with Crippen molar-refractivity contribution in [2.75, 3.05) is 7.11 Å². The fraction of sp³-hybridized carbons (Fsp3) is 0.467. The maximum atomic E-state index is 12.5. The molecule has 0 radical (unpaired) electrons. The molecule has 0 aliphatic carbocycles. The Morgan fingerprint density at radius 3 is 2.57 bits per heavy atom. The summed E-state index contributed by atoms with van der Waals surface area (Å²) in [5.74, 6) is -2.48. The van der Waals surface area contributed by atoms with Gasteiger partial charge < -0.3 is 19.9 Å². The van der Waals surface area contributed by atoms with Crippen LogP contribution in [0, 0.1) is 0 Å². The summed E-state index contributed by atoms with van der Waals surface area (Å²) in [6.45, 7) is -1.26. The van der Waals surface area contributed by atoms with Crippen molar-refractivity contribution in [2.45, 2.75) is 38.8 Å². The minimum absolute atomic E-state index is 0.0432. The zero-order valence-electron chi connectivity index (χ0n) is 12.8. The van der Waals surface area contributed by atoms with Gasteiger partial charge in [0, 0.05) is 0 Å². The van der Waals surface area contributed by atoms with Gasteiger partial charge in [-0.1, -0.05) is 25.8 Å². The number of benzene rings is 1. The van der Waals surface area contributed by atoms with Crippen molar-refractivity contribution in [3.63, 3.8) is 0 Å². The third kappa shape index (κ3) is 5.39. The molecule has 23 heavy (non-hydrogen) atoms. The Kier molecular flexibility index (Phi) is 7.24. The van der Waals surface area contributed by atoms with E-state index in [4.69, 9.17) is 9.84 Å². The van der Waals surface area contributed by atoms with Gasteiger partial charge in [0.1, 0.15) is 6.04 Å². The Balaban J connectivity index is 3.04. The number of aliphatic carboxylic acids is 1. The molecule has 0 fully saturated rings. The van der Waals surface area contributed by atoms with Crippen molar-refractivity contribution in [1.82, 2.24) is 5.32 Å². The number of rotatable bonds is 9. The first-order valence-corrected chi connectivity index (χ1v) is 7.06. The third-order valence-corrected chi connectivity index (χ3v) is 3.10. The molecule has 0 heterocycles. The van der Waals surface area contributed by atoms with Crippen molar-refractivity contribution in [3.05, 3.63) is 23.8 Å². The molecule has 0 saturated carbocycles. The normalized spacial score (nSPS) is 11.9. The number of carbonyl (C=O) groups is 2. The van der Waals surface area contributed by atoms with Gasteiger partial charge in [-0.2, -0.15) is 8.78 Å².